The summed E-state index contributed by atoms with van der Waals surface area (Å²) in [6.45, 7) is 10.6. The van der Waals surface area contributed by atoms with Crippen LogP contribution in [0.1, 0.15) is 56.7 Å². The van der Waals surface area contributed by atoms with Crippen LogP contribution in [-0.2, 0) is 0 Å². The molecule has 1 atom stereocenters. The van der Waals surface area contributed by atoms with Crippen LogP contribution in [0.2, 0.25) is 0 Å². The average molecular weight is 272 g/mol. The average Bonchev–Trinajstić information content (AvgIpc) is 3.21. The third kappa shape index (κ3) is 2.77. The van der Waals surface area contributed by atoms with E-state index in [1.54, 1.807) is 11.1 Å². The molecule has 2 heteroatoms. The van der Waals surface area contributed by atoms with Crippen molar-refractivity contribution in [1.29, 1.82) is 0 Å². The van der Waals surface area contributed by atoms with Gasteiger partial charge < -0.3 is 4.90 Å². The Balaban J connectivity index is 1.96. The largest absolute Gasteiger partial charge is 0.303 e. The lowest BCUT2D eigenvalue weighted by Gasteiger charge is -2.48. The van der Waals surface area contributed by atoms with Crippen molar-refractivity contribution in [2.45, 2.75) is 51.1 Å². The molecule has 1 aromatic rings. The van der Waals surface area contributed by atoms with Crippen LogP contribution in [0.4, 0.5) is 0 Å². The van der Waals surface area contributed by atoms with Crippen LogP contribution in [0.15, 0.2) is 24.3 Å². The van der Waals surface area contributed by atoms with Gasteiger partial charge in [0, 0.05) is 31.2 Å². The van der Waals surface area contributed by atoms with Crippen LogP contribution >= 0.6 is 0 Å². The molecule has 0 bridgehead atoms. The zero-order valence-corrected chi connectivity index (χ0v) is 13.4. The van der Waals surface area contributed by atoms with E-state index in [4.69, 9.17) is 0 Å². The molecule has 20 heavy (non-hydrogen) atoms. The summed E-state index contributed by atoms with van der Waals surface area (Å²) in [5, 5.41) is 0. The van der Waals surface area contributed by atoms with E-state index in [9.17, 15) is 0 Å². The van der Waals surface area contributed by atoms with Crippen molar-refractivity contribution in [1.82, 2.24) is 9.80 Å². The van der Waals surface area contributed by atoms with E-state index in [0.717, 1.165) is 12.5 Å². The summed E-state index contributed by atoms with van der Waals surface area (Å²) < 4.78 is 0. The third-order valence-electron chi connectivity index (χ3n) is 4.82. The first-order valence-corrected chi connectivity index (χ1v) is 8.01. The zero-order chi connectivity index (χ0) is 14.3. The van der Waals surface area contributed by atoms with Gasteiger partial charge in [0.25, 0.3) is 0 Å². The molecule has 1 saturated heterocycles. The van der Waals surface area contributed by atoms with Gasteiger partial charge in [-0.25, -0.2) is 0 Å². The van der Waals surface area contributed by atoms with E-state index in [1.165, 1.54) is 25.9 Å². The second kappa shape index (κ2) is 5.16. The minimum absolute atomic E-state index is 0.239. The van der Waals surface area contributed by atoms with Crippen molar-refractivity contribution < 1.29 is 0 Å². The molecule has 1 heterocycles. The summed E-state index contributed by atoms with van der Waals surface area (Å²) in [4.78, 5) is 5.19. The maximum absolute atomic E-state index is 2.70. The van der Waals surface area contributed by atoms with Crippen LogP contribution in [0, 0.1) is 0 Å². The van der Waals surface area contributed by atoms with Gasteiger partial charge in [-0.3, -0.25) is 4.90 Å². The highest BCUT2D eigenvalue weighted by Gasteiger charge is 2.36. The van der Waals surface area contributed by atoms with E-state index in [1.807, 2.05) is 0 Å². The van der Waals surface area contributed by atoms with Crippen LogP contribution in [0.5, 0.6) is 0 Å². The fraction of sp³-hybridized carbons (Fsp3) is 0.667. The summed E-state index contributed by atoms with van der Waals surface area (Å²) >= 11 is 0. The molecule has 0 amide bonds. The Bertz CT molecular complexity index is 471. The summed E-state index contributed by atoms with van der Waals surface area (Å²) in [5.41, 5.74) is 3.43. The normalized spacial score (nSPS) is 25.9. The predicted octanol–water partition coefficient (Wildman–Crippen LogP) is 3.65. The molecular weight excluding hydrogens is 244 g/mol. The van der Waals surface area contributed by atoms with Crippen LogP contribution in [0.25, 0.3) is 0 Å². The summed E-state index contributed by atoms with van der Waals surface area (Å²) in [6, 6.07) is 9.71. The Hall–Kier alpha value is -0.860. The van der Waals surface area contributed by atoms with Gasteiger partial charge in [-0.05, 0) is 57.7 Å². The van der Waals surface area contributed by atoms with Gasteiger partial charge in [-0.15, -0.1) is 0 Å². The van der Waals surface area contributed by atoms with Crippen molar-refractivity contribution in [2.75, 3.05) is 26.7 Å². The Labute approximate surface area is 123 Å². The lowest BCUT2D eigenvalue weighted by molar-refractivity contribution is 0.0176. The fourth-order valence-electron chi connectivity index (χ4n) is 3.57. The number of rotatable bonds is 2. The van der Waals surface area contributed by atoms with E-state index in [0.29, 0.717) is 6.04 Å². The topological polar surface area (TPSA) is 6.48 Å². The number of likely N-dealkylation sites (N-methyl/N-ethyl adjacent to an activating group) is 1. The lowest BCUT2D eigenvalue weighted by atomic mass is 9.91. The number of piperazine rings is 1. The van der Waals surface area contributed by atoms with E-state index in [-0.39, 0.29) is 5.54 Å². The molecule has 1 saturated carbocycles. The molecule has 0 aromatic heterocycles. The van der Waals surface area contributed by atoms with E-state index < -0.39 is 0 Å². The Kier molecular flexibility index (Phi) is 3.64. The van der Waals surface area contributed by atoms with Gasteiger partial charge in [0.15, 0.2) is 0 Å². The monoisotopic (exact) mass is 272 g/mol. The van der Waals surface area contributed by atoms with Crippen molar-refractivity contribution in [3.63, 3.8) is 0 Å². The highest BCUT2D eigenvalue weighted by atomic mass is 15.3. The highest BCUT2D eigenvalue weighted by Crippen LogP contribution is 2.44. The highest BCUT2D eigenvalue weighted by molar-refractivity contribution is 5.36. The molecule has 3 rings (SSSR count). The maximum atomic E-state index is 2.70. The third-order valence-corrected chi connectivity index (χ3v) is 4.82. The predicted molar refractivity (Wildman–Crippen MR) is 85.1 cm³/mol. The molecule has 110 valence electrons. The van der Waals surface area contributed by atoms with Crippen molar-refractivity contribution in [3.05, 3.63) is 35.4 Å². The molecule has 2 fully saturated rings. The van der Waals surface area contributed by atoms with Crippen LogP contribution in [-0.4, -0.2) is 42.0 Å². The van der Waals surface area contributed by atoms with E-state index in [2.05, 4.69) is 61.9 Å². The molecule has 2 nitrogen and oxygen atoms in total. The first-order valence-electron chi connectivity index (χ1n) is 8.01. The van der Waals surface area contributed by atoms with Gasteiger partial charge in [-0.2, -0.15) is 0 Å². The molecule has 1 aromatic carbocycles. The minimum Gasteiger partial charge on any atom is -0.303 e. The standard InChI is InChI=1S/C18H28N2/c1-18(2,3)20-12-11-19(4)13-17(20)16-8-6-5-7-15(16)14-9-10-14/h5-8,14,17H,9-13H2,1-4H3/t17-/m0/s1. The smallest absolute Gasteiger partial charge is 0.0483 e. The summed E-state index contributed by atoms with van der Waals surface area (Å²) in [6.07, 6.45) is 2.77. The lowest BCUT2D eigenvalue weighted by Crippen LogP contribution is -2.54. The summed E-state index contributed by atoms with van der Waals surface area (Å²) in [7, 11) is 2.26. The molecule has 0 N–H and O–H groups in total. The van der Waals surface area contributed by atoms with Crippen molar-refractivity contribution >= 4 is 0 Å². The fourth-order valence-corrected chi connectivity index (χ4v) is 3.57. The van der Waals surface area contributed by atoms with Crippen molar-refractivity contribution in [2.24, 2.45) is 0 Å². The van der Waals surface area contributed by atoms with Gasteiger partial charge in [0.05, 0.1) is 0 Å². The van der Waals surface area contributed by atoms with Crippen molar-refractivity contribution in [3.8, 4) is 0 Å². The SMILES string of the molecule is CN1CCN(C(C)(C)C)[C@H](c2ccccc2C2CC2)C1. The number of hydrogen-bond donors (Lipinski definition) is 0. The second-order valence-corrected chi connectivity index (χ2v) is 7.55. The quantitative estimate of drug-likeness (QED) is 0.811. The molecule has 2 aliphatic rings. The van der Waals surface area contributed by atoms with E-state index >= 15 is 0 Å². The molecule has 0 radical (unpaired) electrons. The molecular formula is C18H28N2. The van der Waals surface area contributed by atoms with Gasteiger partial charge in [-0.1, -0.05) is 24.3 Å². The Morgan fingerprint density at radius 2 is 1.65 bits per heavy atom. The first kappa shape index (κ1) is 14.1. The summed E-state index contributed by atoms with van der Waals surface area (Å²) in [5.74, 6) is 0.834. The number of nitrogens with zero attached hydrogens (tertiary/aromatic N) is 2. The maximum Gasteiger partial charge on any atom is 0.0483 e. The first-order chi connectivity index (χ1) is 9.47. The molecule has 0 unspecified atom stereocenters. The minimum atomic E-state index is 0.239. The van der Waals surface area contributed by atoms with Crippen LogP contribution in [0.3, 0.4) is 0 Å². The molecule has 1 aliphatic heterocycles. The Morgan fingerprint density at radius 3 is 2.25 bits per heavy atom. The number of benzene rings is 1. The number of hydrogen-bond acceptors (Lipinski definition) is 2. The van der Waals surface area contributed by atoms with Crippen LogP contribution < -0.4 is 0 Å². The zero-order valence-electron chi connectivity index (χ0n) is 13.4. The van der Waals surface area contributed by atoms with Gasteiger partial charge in [0.1, 0.15) is 0 Å². The van der Waals surface area contributed by atoms with Gasteiger partial charge in [0.2, 0.25) is 0 Å². The molecule has 0 spiro atoms. The Morgan fingerprint density at radius 1 is 1.00 bits per heavy atom. The molecule has 1 aliphatic carbocycles. The van der Waals surface area contributed by atoms with Gasteiger partial charge >= 0.3 is 0 Å². The second-order valence-electron chi connectivity index (χ2n) is 7.55.